The van der Waals surface area contributed by atoms with Crippen molar-refractivity contribution in [1.82, 2.24) is 9.97 Å². The molecular weight excluding hydrogens is 490 g/mol. The molecule has 3 aromatic rings. The number of benzene rings is 2. The lowest BCUT2D eigenvalue weighted by atomic mass is 9.76. The fraction of sp³-hybridized carbons (Fsp3) is 0.548. The van der Waals surface area contributed by atoms with Gasteiger partial charge in [0.2, 0.25) is 0 Å². The number of hydrogen-bond donors (Lipinski definition) is 0. The molecule has 1 atom stereocenters. The maximum Gasteiger partial charge on any atom is 0.419 e. The van der Waals surface area contributed by atoms with Gasteiger partial charge in [0.25, 0.3) is 0 Å². The van der Waals surface area contributed by atoms with Gasteiger partial charge < -0.3 is 4.90 Å². The highest BCUT2D eigenvalue weighted by Gasteiger charge is 2.53. The van der Waals surface area contributed by atoms with Crippen molar-refractivity contribution in [3.05, 3.63) is 65.2 Å². The van der Waals surface area contributed by atoms with Crippen LogP contribution in [-0.4, -0.2) is 24.1 Å². The van der Waals surface area contributed by atoms with E-state index in [1.807, 2.05) is 26.2 Å². The van der Waals surface area contributed by atoms with E-state index < -0.39 is 17.6 Å². The number of anilines is 1. The third kappa shape index (κ3) is 5.97. The number of rotatable bonds is 9. The Hall–Kier alpha value is -2.70. The van der Waals surface area contributed by atoms with Gasteiger partial charge in [-0.1, -0.05) is 24.6 Å². The van der Waals surface area contributed by atoms with Crippen LogP contribution < -0.4 is 4.90 Å². The lowest BCUT2D eigenvalue weighted by molar-refractivity contribution is -0.140. The molecule has 3 nitrogen and oxygen atoms in total. The smallest absolute Gasteiger partial charge is 0.362 e. The second-order valence-electron chi connectivity index (χ2n) is 11.7. The number of halogens is 4. The topological polar surface area (TPSA) is 29.0 Å². The normalized spacial score (nSPS) is 23.2. The maximum absolute atomic E-state index is 13.8. The van der Waals surface area contributed by atoms with E-state index in [4.69, 9.17) is 9.97 Å². The van der Waals surface area contributed by atoms with Crippen LogP contribution in [-0.2, 0) is 19.0 Å². The molecule has 0 bridgehead atoms. The number of aromatic nitrogens is 2. The van der Waals surface area contributed by atoms with Gasteiger partial charge in [0, 0.05) is 25.9 Å². The second kappa shape index (κ2) is 10.8. The summed E-state index contributed by atoms with van der Waals surface area (Å²) < 4.78 is 52.1. The number of hydrogen-bond acceptors (Lipinski definition) is 3. The van der Waals surface area contributed by atoms with Crippen LogP contribution in [0.25, 0.3) is 10.9 Å². The summed E-state index contributed by atoms with van der Waals surface area (Å²) in [6.45, 7) is 0. The van der Waals surface area contributed by atoms with Crippen molar-refractivity contribution >= 4 is 16.7 Å². The van der Waals surface area contributed by atoms with Gasteiger partial charge in [0.05, 0.1) is 11.1 Å². The van der Waals surface area contributed by atoms with Crippen molar-refractivity contribution in [3.63, 3.8) is 0 Å². The molecule has 2 aliphatic rings. The van der Waals surface area contributed by atoms with Crippen molar-refractivity contribution < 1.29 is 17.6 Å². The summed E-state index contributed by atoms with van der Waals surface area (Å²) in [5.74, 6) is 2.23. The summed E-state index contributed by atoms with van der Waals surface area (Å²) in [4.78, 5) is 11.7. The molecule has 2 fully saturated rings. The van der Waals surface area contributed by atoms with Crippen LogP contribution >= 0.6 is 0 Å². The van der Waals surface area contributed by atoms with Crippen LogP contribution in [0.1, 0.15) is 74.7 Å². The Morgan fingerprint density at radius 3 is 2.39 bits per heavy atom. The summed E-state index contributed by atoms with van der Waals surface area (Å²) in [5.41, 5.74) is 0.970. The SMILES string of the molecule is CN(C)c1nc(CCCC2CCC3(CC2)CC3CCCc2ccc(C(F)(F)F)c(F)c2)nc2ccccc12. The Labute approximate surface area is 222 Å². The van der Waals surface area contributed by atoms with E-state index in [1.54, 1.807) is 0 Å². The van der Waals surface area contributed by atoms with E-state index in [0.29, 0.717) is 17.4 Å². The van der Waals surface area contributed by atoms with E-state index in [0.717, 1.165) is 72.2 Å². The maximum atomic E-state index is 13.8. The van der Waals surface area contributed by atoms with Crippen molar-refractivity contribution in [2.75, 3.05) is 19.0 Å². The van der Waals surface area contributed by atoms with Crippen molar-refractivity contribution in [3.8, 4) is 0 Å². The summed E-state index contributed by atoms with van der Waals surface area (Å²) in [6, 6.07) is 11.5. The Bertz CT molecular complexity index is 1260. The van der Waals surface area contributed by atoms with E-state index in [1.165, 1.54) is 44.6 Å². The number of aryl methyl sites for hydroxylation is 2. The van der Waals surface area contributed by atoms with Crippen LogP contribution in [0.2, 0.25) is 0 Å². The Morgan fingerprint density at radius 2 is 1.68 bits per heavy atom. The fourth-order valence-electron chi connectivity index (χ4n) is 6.60. The van der Waals surface area contributed by atoms with Crippen LogP contribution in [0, 0.1) is 23.1 Å². The van der Waals surface area contributed by atoms with Crippen LogP contribution in [0.15, 0.2) is 42.5 Å². The van der Waals surface area contributed by atoms with Gasteiger partial charge in [-0.3, -0.25) is 0 Å². The zero-order valence-corrected chi connectivity index (χ0v) is 22.3. The predicted octanol–water partition coefficient (Wildman–Crippen LogP) is 8.40. The first-order valence-electron chi connectivity index (χ1n) is 13.9. The van der Waals surface area contributed by atoms with Crippen LogP contribution in [0.5, 0.6) is 0 Å². The molecule has 1 unspecified atom stereocenters. The number of para-hydroxylation sites is 1. The van der Waals surface area contributed by atoms with Gasteiger partial charge in [-0.25, -0.2) is 14.4 Å². The molecule has 38 heavy (non-hydrogen) atoms. The van der Waals surface area contributed by atoms with E-state index in [-0.39, 0.29) is 0 Å². The van der Waals surface area contributed by atoms with Crippen LogP contribution in [0.4, 0.5) is 23.4 Å². The molecule has 0 radical (unpaired) electrons. The minimum Gasteiger partial charge on any atom is -0.362 e. The highest BCUT2D eigenvalue weighted by molar-refractivity contribution is 5.89. The molecular formula is C31H37F4N3. The lowest BCUT2D eigenvalue weighted by Crippen LogP contribution is -2.17. The molecule has 0 saturated heterocycles. The molecule has 0 aliphatic heterocycles. The van der Waals surface area contributed by atoms with Gasteiger partial charge in [-0.2, -0.15) is 13.2 Å². The zero-order chi connectivity index (χ0) is 26.9. The van der Waals surface area contributed by atoms with E-state index >= 15 is 0 Å². The van der Waals surface area contributed by atoms with Crippen molar-refractivity contribution in [2.45, 2.75) is 76.8 Å². The monoisotopic (exact) mass is 527 g/mol. The summed E-state index contributed by atoms with van der Waals surface area (Å²) >= 11 is 0. The summed E-state index contributed by atoms with van der Waals surface area (Å²) in [7, 11) is 4.05. The Morgan fingerprint density at radius 1 is 0.947 bits per heavy atom. The average molecular weight is 528 g/mol. The molecule has 7 heteroatoms. The van der Waals surface area contributed by atoms with Crippen molar-refractivity contribution in [2.24, 2.45) is 17.3 Å². The molecule has 1 aromatic heterocycles. The molecule has 1 heterocycles. The standard InChI is InChI=1S/C31H37F4N3/c1-38(2)29-24-10-3-4-11-27(24)36-28(37-29)12-6-7-21-15-17-30(18-16-21)20-23(30)9-5-8-22-13-14-25(26(32)19-22)31(33,34)35/h3-4,10-11,13-14,19,21,23H,5-9,12,15-18,20H2,1-2H3. The third-order valence-electron chi connectivity index (χ3n) is 8.88. The van der Waals surface area contributed by atoms with Crippen LogP contribution in [0.3, 0.4) is 0 Å². The van der Waals surface area contributed by atoms with Gasteiger partial charge in [-0.15, -0.1) is 0 Å². The molecule has 204 valence electrons. The number of nitrogens with zero attached hydrogens (tertiary/aromatic N) is 3. The average Bonchev–Trinajstić information content (AvgIpc) is 3.55. The minimum absolute atomic E-state index is 0.490. The highest BCUT2D eigenvalue weighted by atomic mass is 19.4. The zero-order valence-electron chi connectivity index (χ0n) is 22.3. The summed E-state index contributed by atoms with van der Waals surface area (Å²) in [5, 5.41) is 1.09. The highest BCUT2D eigenvalue weighted by Crippen LogP contribution is 2.64. The van der Waals surface area contributed by atoms with Gasteiger partial charge in [0.15, 0.2) is 0 Å². The molecule has 2 aromatic carbocycles. The first-order valence-corrected chi connectivity index (χ1v) is 13.9. The van der Waals surface area contributed by atoms with Gasteiger partial charge >= 0.3 is 6.18 Å². The fourth-order valence-corrected chi connectivity index (χ4v) is 6.60. The molecule has 0 N–H and O–H groups in total. The first kappa shape index (κ1) is 26.9. The molecule has 5 rings (SSSR count). The summed E-state index contributed by atoms with van der Waals surface area (Å²) in [6.07, 6.45) is 7.62. The Balaban J connectivity index is 1.04. The largest absolute Gasteiger partial charge is 0.419 e. The number of alkyl halides is 3. The molecule has 1 spiro atoms. The minimum atomic E-state index is -4.64. The van der Waals surface area contributed by atoms with E-state index in [2.05, 4.69) is 17.0 Å². The number of fused-ring (bicyclic) bond motifs is 1. The third-order valence-corrected chi connectivity index (χ3v) is 8.88. The Kier molecular flexibility index (Phi) is 7.65. The molecule has 0 amide bonds. The van der Waals surface area contributed by atoms with Crippen molar-refractivity contribution in [1.29, 1.82) is 0 Å². The first-order chi connectivity index (χ1) is 18.1. The quantitative estimate of drug-likeness (QED) is 0.262. The molecule has 2 saturated carbocycles. The molecule has 2 aliphatic carbocycles. The predicted molar refractivity (Wildman–Crippen MR) is 144 cm³/mol. The van der Waals surface area contributed by atoms with Gasteiger partial charge in [0.1, 0.15) is 17.5 Å². The van der Waals surface area contributed by atoms with E-state index in [9.17, 15) is 17.6 Å². The lowest BCUT2D eigenvalue weighted by Gasteiger charge is -2.29. The van der Waals surface area contributed by atoms with Gasteiger partial charge in [-0.05, 0) is 105 Å². The second-order valence-corrected chi connectivity index (χ2v) is 11.7.